The molecule has 2 rings (SSSR count). The molecule has 4 nitrogen and oxygen atoms in total. The first-order chi connectivity index (χ1) is 8.45. The van der Waals surface area contributed by atoms with Crippen LogP contribution in [0.25, 0.3) is 0 Å². The number of aliphatic hydroxyl groups excluding tert-OH is 1. The monoisotopic (exact) mass is 289 g/mol. The van der Waals surface area contributed by atoms with E-state index in [1.165, 1.54) is 22.5 Å². The minimum atomic E-state index is -3.46. The van der Waals surface area contributed by atoms with E-state index >= 15 is 0 Å². The summed E-state index contributed by atoms with van der Waals surface area (Å²) >= 11 is 5.86. The van der Waals surface area contributed by atoms with Gasteiger partial charge in [0.15, 0.2) is 0 Å². The van der Waals surface area contributed by atoms with Gasteiger partial charge in [-0.2, -0.15) is 4.31 Å². The molecule has 0 aromatic heterocycles. The highest BCUT2D eigenvalue weighted by Gasteiger charge is 2.30. The number of benzene rings is 1. The van der Waals surface area contributed by atoms with Gasteiger partial charge >= 0.3 is 0 Å². The Kier molecular flexibility index (Phi) is 3.96. The number of hydrogen-bond acceptors (Lipinski definition) is 3. The van der Waals surface area contributed by atoms with E-state index in [1.807, 2.05) is 6.92 Å². The number of hydrogen-bond donors (Lipinski definition) is 1. The summed E-state index contributed by atoms with van der Waals surface area (Å²) in [4.78, 5) is 0.199. The Hall–Kier alpha value is -0.620. The summed E-state index contributed by atoms with van der Waals surface area (Å²) in [5, 5.41) is 9.50. The van der Waals surface area contributed by atoms with Crippen LogP contribution in [0.15, 0.2) is 23.1 Å². The number of nitrogens with zero attached hydrogens (tertiary/aromatic N) is 1. The van der Waals surface area contributed by atoms with Gasteiger partial charge in [-0.25, -0.2) is 8.42 Å². The molecule has 1 atom stereocenters. The van der Waals surface area contributed by atoms with Gasteiger partial charge in [0.25, 0.3) is 0 Å². The molecule has 0 radical (unpaired) electrons. The normalized spacial score (nSPS) is 21.4. The summed E-state index contributed by atoms with van der Waals surface area (Å²) in [6.45, 7) is 2.88. The van der Waals surface area contributed by atoms with Crippen molar-refractivity contribution in [3.8, 4) is 0 Å². The third-order valence-corrected chi connectivity index (χ3v) is 5.44. The van der Waals surface area contributed by atoms with Gasteiger partial charge in [0.2, 0.25) is 10.0 Å². The Balaban J connectivity index is 2.35. The van der Waals surface area contributed by atoms with Crippen molar-refractivity contribution in [2.24, 2.45) is 5.92 Å². The Bertz CT molecular complexity index is 544. The molecule has 1 saturated heterocycles. The number of aliphatic hydroxyl groups is 1. The summed E-state index contributed by atoms with van der Waals surface area (Å²) in [7, 11) is -3.46. The molecule has 0 saturated carbocycles. The molecule has 6 heteroatoms. The highest BCUT2D eigenvalue weighted by molar-refractivity contribution is 7.89. The molecule has 1 N–H and O–H groups in total. The van der Waals surface area contributed by atoms with Gasteiger partial charge in [-0.3, -0.25) is 0 Å². The van der Waals surface area contributed by atoms with Crippen LogP contribution in [0.2, 0.25) is 5.02 Å². The molecule has 0 bridgehead atoms. The Morgan fingerprint density at radius 1 is 1.50 bits per heavy atom. The van der Waals surface area contributed by atoms with Gasteiger partial charge in [0, 0.05) is 18.1 Å². The van der Waals surface area contributed by atoms with Crippen LogP contribution in [0.3, 0.4) is 0 Å². The molecule has 18 heavy (non-hydrogen) atoms. The standard InChI is InChI=1S/C12H16ClNO3S/c1-9-4-5-14(7-9)18(16,17)11-2-3-12(13)10(6-11)8-15/h2-3,6,9,15H,4-5,7-8H2,1H3. The second-order valence-electron chi connectivity index (χ2n) is 4.67. The van der Waals surface area contributed by atoms with Crippen LogP contribution in [0.1, 0.15) is 18.9 Å². The predicted molar refractivity (Wildman–Crippen MR) is 69.9 cm³/mol. The first-order valence-electron chi connectivity index (χ1n) is 5.84. The van der Waals surface area contributed by atoms with Crippen LogP contribution < -0.4 is 0 Å². The van der Waals surface area contributed by atoms with Gasteiger partial charge < -0.3 is 5.11 Å². The van der Waals surface area contributed by atoms with Crippen molar-refractivity contribution in [3.63, 3.8) is 0 Å². The van der Waals surface area contributed by atoms with E-state index in [0.29, 0.717) is 29.6 Å². The summed E-state index contributed by atoms with van der Waals surface area (Å²) < 4.78 is 26.2. The molecule has 1 fully saturated rings. The van der Waals surface area contributed by atoms with Crippen LogP contribution in [-0.2, 0) is 16.6 Å². The van der Waals surface area contributed by atoms with Crippen molar-refractivity contribution in [2.45, 2.75) is 24.8 Å². The maximum absolute atomic E-state index is 12.4. The Labute approximate surface area is 112 Å². The Morgan fingerprint density at radius 2 is 2.22 bits per heavy atom. The van der Waals surface area contributed by atoms with Gasteiger partial charge in [-0.05, 0) is 36.1 Å². The third kappa shape index (κ3) is 2.54. The minimum Gasteiger partial charge on any atom is -0.392 e. The van der Waals surface area contributed by atoms with E-state index in [9.17, 15) is 8.42 Å². The first-order valence-corrected chi connectivity index (χ1v) is 7.66. The highest BCUT2D eigenvalue weighted by Crippen LogP contribution is 2.26. The predicted octanol–water partition coefficient (Wildman–Crippen LogP) is 1.86. The number of halogens is 1. The van der Waals surface area contributed by atoms with E-state index in [0.717, 1.165) is 6.42 Å². The van der Waals surface area contributed by atoms with Gasteiger partial charge in [0.1, 0.15) is 0 Å². The van der Waals surface area contributed by atoms with E-state index in [4.69, 9.17) is 16.7 Å². The fraction of sp³-hybridized carbons (Fsp3) is 0.500. The van der Waals surface area contributed by atoms with Crippen molar-refractivity contribution in [2.75, 3.05) is 13.1 Å². The first kappa shape index (κ1) is 13.8. The molecular weight excluding hydrogens is 274 g/mol. The lowest BCUT2D eigenvalue weighted by molar-refractivity contribution is 0.281. The second kappa shape index (κ2) is 5.17. The zero-order chi connectivity index (χ0) is 13.3. The van der Waals surface area contributed by atoms with Crippen LogP contribution >= 0.6 is 11.6 Å². The van der Waals surface area contributed by atoms with Crippen molar-refractivity contribution >= 4 is 21.6 Å². The summed E-state index contributed by atoms with van der Waals surface area (Å²) in [6.07, 6.45) is 0.889. The fourth-order valence-electron chi connectivity index (χ4n) is 2.09. The number of sulfonamides is 1. The average Bonchev–Trinajstić information content (AvgIpc) is 2.77. The molecule has 100 valence electrons. The highest BCUT2D eigenvalue weighted by atomic mass is 35.5. The lowest BCUT2D eigenvalue weighted by Crippen LogP contribution is -2.28. The Morgan fingerprint density at radius 3 is 2.78 bits per heavy atom. The van der Waals surface area contributed by atoms with Gasteiger partial charge in [-0.15, -0.1) is 0 Å². The molecule has 1 aliphatic rings. The smallest absolute Gasteiger partial charge is 0.243 e. The third-order valence-electron chi connectivity index (χ3n) is 3.21. The number of rotatable bonds is 3. The SMILES string of the molecule is CC1CCN(S(=O)(=O)c2ccc(Cl)c(CO)c2)C1. The molecule has 0 spiro atoms. The van der Waals surface area contributed by atoms with Crippen molar-refractivity contribution in [1.29, 1.82) is 0 Å². The van der Waals surface area contributed by atoms with E-state index in [1.54, 1.807) is 0 Å². The minimum absolute atomic E-state index is 0.199. The van der Waals surface area contributed by atoms with Gasteiger partial charge in [0.05, 0.1) is 11.5 Å². The average molecular weight is 290 g/mol. The molecule has 1 aliphatic heterocycles. The van der Waals surface area contributed by atoms with Crippen LogP contribution in [0.4, 0.5) is 0 Å². The van der Waals surface area contributed by atoms with Crippen molar-refractivity contribution < 1.29 is 13.5 Å². The van der Waals surface area contributed by atoms with E-state index in [-0.39, 0.29) is 11.5 Å². The van der Waals surface area contributed by atoms with Crippen molar-refractivity contribution in [1.82, 2.24) is 4.31 Å². The van der Waals surface area contributed by atoms with Gasteiger partial charge in [-0.1, -0.05) is 18.5 Å². The van der Waals surface area contributed by atoms with Crippen molar-refractivity contribution in [3.05, 3.63) is 28.8 Å². The summed E-state index contributed by atoms with van der Waals surface area (Å²) in [5.41, 5.74) is 0.435. The summed E-state index contributed by atoms with van der Waals surface area (Å²) in [6, 6.07) is 4.44. The quantitative estimate of drug-likeness (QED) is 0.924. The summed E-state index contributed by atoms with van der Waals surface area (Å²) in [5.74, 6) is 0.393. The lowest BCUT2D eigenvalue weighted by atomic mass is 10.2. The van der Waals surface area contributed by atoms with Crippen LogP contribution in [0.5, 0.6) is 0 Å². The fourth-order valence-corrected chi connectivity index (χ4v) is 3.90. The van der Waals surface area contributed by atoms with E-state index < -0.39 is 10.0 Å². The maximum Gasteiger partial charge on any atom is 0.243 e. The zero-order valence-electron chi connectivity index (χ0n) is 10.1. The molecular formula is C12H16ClNO3S. The lowest BCUT2D eigenvalue weighted by Gasteiger charge is -2.16. The molecule has 1 heterocycles. The van der Waals surface area contributed by atoms with E-state index in [2.05, 4.69) is 0 Å². The van der Waals surface area contributed by atoms with Crippen LogP contribution in [0, 0.1) is 5.92 Å². The van der Waals surface area contributed by atoms with Crippen LogP contribution in [-0.4, -0.2) is 30.9 Å². The molecule has 1 aromatic carbocycles. The topological polar surface area (TPSA) is 57.6 Å². The maximum atomic E-state index is 12.4. The molecule has 1 aromatic rings. The molecule has 0 aliphatic carbocycles. The molecule has 1 unspecified atom stereocenters. The molecule has 0 amide bonds. The second-order valence-corrected chi connectivity index (χ2v) is 7.01. The zero-order valence-corrected chi connectivity index (χ0v) is 11.7. The largest absolute Gasteiger partial charge is 0.392 e.